The number of carbonyl (C=O) groups is 4. The highest BCUT2D eigenvalue weighted by atomic mass is 16.2. The van der Waals surface area contributed by atoms with Crippen molar-refractivity contribution in [1.29, 1.82) is 0 Å². The Hall–Kier alpha value is -2.02. The van der Waals surface area contributed by atoms with Crippen molar-refractivity contribution in [3.05, 3.63) is 11.6 Å². The van der Waals surface area contributed by atoms with Gasteiger partial charge in [-0.3, -0.25) is 24.2 Å². The summed E-state index contributed by atoms with van der Waals surface area (Å²) in [5.74, 6) is -1.18. The van der Waals surface area contributed by atoms with Gasteiger partial charge in [0.15, 0.2) is 5.78 Å². The zero-order valence-electron chi connectivity index (χ0n) is 20.3. The number of rotatable bonds is 4. The number of Topliss-reactive ketones (excluding diaryl/α,β-unsaturated/α-hetero) is 1. The Morgan fingerprint density at radius 3 is 2.30 bits per heavy atom. The van der Waals surface area contributed by atoms with Gasteiger partial charge in [-0.2, -0.15) is 0 Å². The van der Waals surface area contributed by atoms with E-state index in [1.807, 2.05) is 6.08 Å². The lowest BCUT2D eigenvalue weighted by Crippen LogP contribution is -2.65. The minimum atomic E-state index is -1.40. The number of hydrogen-bond acceptors (Lipinski definition) is 5. The van der Waals surface area contributed by atoms with E-state index in [4.69, 9.17) is 0 Å². The molecular formula is C26H39N3O4. The van der Waals surface area contributed by atoms with Gasteiger partial charge in [0.2, 0.25) is 5.91 Å². The van der Waals surface area contributed by atoms with Gasteiger partial charge in [0.1, 0.15) is 5.41 Å². The van der Waals surface area contributed by atoms with Gasteiger partial charge in [-0.05, 0) is 69.3 Å². The molecule has 2 saturated heterocycles. The molecule has 7 nitrogen and oxygen atoms in total. The number of imide groups is 2. The molecule has 182 valence electrons. The molecule has 0 radical (unpaired) electrons. The summed E-state index contributed by atoms with van der Waals surface area (Å²) in [6.45, 7) is 2.17. The van der Waals surface area contributed by atoms with Crippen LogP contribution < -0.4 is 5.32 Å². The maximum Gasteiger partial charge on any atom is 0.333 e. The van der Waals surface area contributed by atoms with Crippen LogP contribution in [-0.2, 0) is 14.4 Å². The van der Waals surface area contributed by atoms with Gasteiger partial charge in [-0.25, -0.2) is 4.79 Å². The van der Waals surface area contributed by atoms with E-state index in [1.54, 1.807) is 6.92 Å². The van der Waals surface area contributed by atoms with Gasteiger partial charge in [0.05, 0.1) is 12.6 Å². The molecule has 7 heteroatoms. The highest BCUT2D eigenvalue weighted by Crippen LogP contribution is 2.42. The number of piperidine rings is 1. The first-order valence-electron chi connectivity index (χ1n) is 12.9. The quantitative estimate of drug-likeness (QED) is 0.510. The number of allylic oxidation sites excluding steroid dienone is 1. The minimum absolute atomic E-state index is 0.139. The molecule has 4 rings (SSSR count). The SMILES string of the molecule is CN1C(=O)N(CC(=O)C2CCC3(CCCCCCC3)CN2)C(=O)C(C)(C2=CCCCC2)C1=O. The Balaban J connectivity index is 1.44. The number of amides is 4. The lowest BCUT2D eigenvalue weighted by molar-refractivity contribution is -0.155. The van der Waals surface area contributed by atoms with Gasteiger partial charge in [0, 0.05) is 13.6 Å². The molecule has 3 fully saturated rings. The van der Waals surface area contributed by atoms with Crippen molar-refractivity contribution in [3.63, 3.8) is 0 Å². The Bertz CT molecular complexity index is 832. The average molecular weight is 458 g/mol. The van der Waals surface area contributed by atoms with Crippen LogP contribution in [-0.4, -0.2) is 59.6 Å². The predicted molar refractivity (Wildman–Crippen MR) is 125 cm³/mol. The van der Waals surface area contributed by atoms with Crippen molar-refractivity contribution in [1.82, 2.24) is 15.1 Å². The first-order chi connectivity index (χ1) is 15.8. The van der Waals surface area contributed by atoms with E-state index < -0.39 is 23.3 Å². The molecule has 2 aliphatic heterocycles. The van der Waals surface area contributed by atoms with Crippen LogP contribution in [0.15, 0.2) is 11.6 Å². The largest absolute Gasteiger partial charge is 0.333 e. The molecule has 0 aromatic carbocycles. The molecular weight excluding hydrogens is 418 g/mol. The summed E-state index contributed by atoms with van der Waals surface area (Å²) >= 11 is 0. The Morgan fingerprint density at radius 1 is 1.00 bits per heavy atom. The number of urea groups is 1. The van der Waals surface area contributed by atoms with Crippen LogP contribution in [0.3, 0.4) is 0 Å². The molecule has 33 heavy (non-hydrogen) atoms. The molecule has 2 heterocycles. The summed E-state index contributed by atoms with van der Waals surface area (Å²) in [6, 6.07) is -1.04. The fourth-order valence-electron chi connectivity index (χ4n) is 6.36. The van der Waals surface area contributed by atoms with Crippen molar-refractivity contribution < 1.29 is 19.2 Å². The summed E-state index contributed by atoms with van der Waals surface area (Å²) < 4.78 is 0. The smallest absolute Gasteiger partial charge is 0.307 e. The van der Waals surface area contributed by atoms with Crippen LogP contribution in [0.4, 0.5) is 4.79 Å². The molecule has 0 aromatic rings. The van der Waals surface area contributed by atoms with Crippen molar-refractivity contribution in [2.24, 2.45) is 10.8 Å². The van der Waals surface area contributed by atoms with Crippen LogP contribution in [0.2, 0.25) is 0 Å². The molecule has 2 aliphatic carbocycles. The van der Waals surface area contributed by atoms with E-state index in [-0.39, 0.29) is 23.8 Å². The summed E-state index contributed by atoms with van der Waals surface area (Å²) in [4.78, 5) is 54.6. The van der Waals surface area contributed by atoms with Crippen molar-refractivity contribution in [2.75, 3.05) is 20.1 Å². The first-order valence-corrected chi connectivity index (χ1v) is 12.9. The number of barbiturate groups is 1. The molecule has 2 atom stereocenters. The monoisotopic (exact) mass is 457 g/mol. The first kappa shape index (κ1) is 24.1. The third-order valence-corrected chi connectivity index (χ3v) is 8.66. The number of ketones is 1. The fourth-order valence-corrected chi connectivity index (χ4v) is 6.36. The minimum Gasteiger partial charge on any atom is -0.307 e. The Kier molecular flexibility index (Phi) is 7.08. The fraction of sp³-hybridized carbons (Fsp3) is 0.769. The Morgan fingerprint density at radius 2 is 1.70 bits per heavy atom. The lowest BCUT2D eigenvalue weighted by Gasteiger charge is -2.44. The third kappa shape index (κ3) is 4.53. The molecule has 1 saturated carbocycles. The zero-order valence-corrected chi connectivity index (χ0v) is 20.3. The molecule has 4 amide bonds. The van der Waals surface area contributed by atoms with Crippen LogP contribution in [0.5, 0.6) is 0 Å². The molecule has 2 unspecified atom stereocenters. The molecule has 0 bridgehead atoms. The predicted octanol–water partition coefficient (Wildman–Crippen LogP) is 3.97. The van der Waals surface area contributed by atoms with Crippen molar-refractivity contribution in [3.8, 4) is 0 Å². The standard InChI is InChI=1S/C26H39N3O4/c1-25(19-11-7-6-8-12-19)22(31)28(2)24(33)29(23(25)32)17-21(30)20-13-16-26(18-27-20)14-9-4-3-5-10-15-26/h11,20,27H,3-10,12-18H2,1-2H3. The van der Waals surface area contributed by atoms with Crippen molar-refractivity contribution in [2.45, 2.75) is 96.4 Å². The van der Waals surface area contributed by atoms with Gasteiger partial charge >= 0.3 is 6.03 Å². The topological polar surface area (TPSA) is 86.8 Å². The van der Waals surface area contributed by atoms with Crippen LogP contribution >= 0.6 is 0 Å². The molecule has 1 spiro atoms. The van der Waals surface area contributed by atoms with E-state index in [2.05, 4.69) is 5.32 Å². The highest BCUT2D eigenvalue weighted by Gasteiger charge is 2.55. The van der Waals surface area contributed by atoms with Crippen LogP contribution in [0.1, 0.15) is 90.4 Å². The second-order valence-electron chi connectivity index (χ2n) is 10.8. The average Bonchev–Trinajstić information content (AvgIpc) is 2.83. The van der Waals surface area contributed by atoms with E-state index in [0.29, 0.717) is 6.42 Å². The van der Waals surface area contributed by atoms with E-state index in [9.17, 15) is 19.2 Å². The normalized spacial score (nSPS) is 31.3. The van der Waals surface area contributed by atoms with E-state index in [0.717, 1.165) is 54.0 Å². The summed E-state index contributed by atoms with van der Waals surface area (Å²) in [5, 5.41) is 3.46. The third-order valence-electron chi connectivity index (χ3n) is 8.66. The van der Waals surface area contributed by atoms with Gasteiger partial charge in [-0.15, -0.1) is 0 Å². The number of nitrogens with zero attached hydrogens (tertiary/aromatic N) is 2. The van der Waals surface area contributed by atoms with E-state index >= 15 is 0 Å². The second-order valence-corrected chi connectivity index (χ2v) is 10.8. The molecule has 1 N–H and O–H groups in total. The maximum atomic E-state index is 13.5. The Labute approximate surface area is 197 Å². The van der Waals surface area contributed by atoms with Gasteiger partial charge in [-0.1, -0.05) is 38.2 Å². The van der Waals surface area contributed by atoms with Gasteiger partial charge in [0.25, 0.3) is 5.91 Å². The van der Waals surface area contributed by atoms with Crippen LogP contribution in [0.25, 0.3) is 0 Å². The lowest BCUT2D eigenvalue weighted by atomic mass is 9.70. The number of carbonyl (C=O) groups excluding carboxylic acids is 4. The maximum absolute atomic E-state index is 13.5. The van der Waals surface area contributed by atoms with E-state index in [1.165, 1.54) is 52.0 Å². The zero-order chi connectivity index (χ0) is 23.6. The summed E-state index contributed by atoms with van der Waals surface area (Å²) in [5.41, 5.74) is -0.332. The molecule has 0 aromatic heterocycles. The molecule has 4 aliphatic rings. The number of hydrogen-bond donors (Lipinski definition) is 1. The van der Waals surface area contributed by atoms with Crippen molar-refractivity contribution >= 4 is 23.6 Å². The second kappa shape index (κ2) is 9.69. The summed E-state index contributed by atoms with van der Waals surface area (Å²) in [7, 11) is 1.41. The van der Waals surface area contributed by atoms with Gasteiger partial charge < -0.3 is 5.32 Å². The summed E-state index contributed by atoms with van der Waals surface area (Å²) in [6.07, 6.45) is 16.0. The number of nitrogens with one attached hydrogen (secondary N) is 1. The highest BCUT2D eigenvalue weighted by molar-refractivity contribution is 6.21. The van der Waals surface area contributed by atoms with Crippen LogP contribution in [0, 0.1) is 10.8 Å².